The van der Waals surface area contributed by atoms with Crippen molar-refractivity contribution in [2.45, 2.75) is 57.6 Å². The molecule has 0 spiro atoms. The summed E-state index contributed by atoms with van der Waals surface area (Å²) in [5.74, 6) is 0. The second-order valence-corrected chi connectivity index (χ2v) is 6.84. The van der Waals surface area contributed by atoms with E-state index in [0.29, 0.717) is 11.4 Å². The largest absolute Gasteiger partial charge is 0.346 e. The Hall–Kier alpha value is -0.850. The lowest BCUT2D eigenvalue weighted by atomic mass is 10.3. The summed E-state index contributed by atoms with van der Waals surface area (Å²) >= 11 is 0. The summed E-state index contributed by atoms with van der Waals surface area (Å²) in [5, 5.41) is 3.06. The molecule has 0 fully saturated rings. The fraction of sp³-hybridized carbons (Fsp3) is 0.692. The standard InChI is InChI=1S/C13H25N3O2S/c1-6-11(4)15-19(17,18)13-7-12(8-14-5)16(9-13)10(2)3/h7,9-11,14-15H,6,8H2,1-5H3. The fourth-order valence-corrected chi connectivity index (χ4v) is 3.24. The van der Waals surface area contributed by atoms with Crippen molar-refractivity contribution >= 4 is 10.0 Å². The molecule has 0 bridgehead atoms. The molecular weight excluding hydrogens is 262 g/mol. The van der Waals surface area contributed by atoms with Crippen molar-refractivity contribution in [2.24, 2.45) is 0 Å². The van der Waals surface area contributed by atoms with Gasteiger partial charge in [-0.15, -0.1) is 0 Å². The second kappa shape index (κ2) is 6.54. The number of rotatable bonds is 7. The van der Waals surface area contributed by atoms with Crippen LogP contribution in [0.3, 0.4) is 0 Å². The first-order valence-corrected chi connectivity index (χ1v) is 8.17. The van der Waals surface area contributed by atoms with Gasteiger partial charge in [0.2, 0.25) is 10.0 Å². The molecule has 1 aromatic heterocycles. The van der Waals surface area contributed by atoms with Gasteiger partial charge in [-0.25, -0.2) is 13.1 Å². The molecule has 0 aliphatic rings. The van der Waals surface area contributed by atoms with E-state index in [4.69, 9.17) is 0 Å². The lowest BCUT2D eigenvalue weighted by Crippen LogP contribution is -2.31. The van der Waals surface area contributed by atoms with Crippen LogP contribution in [0.15, 0.2) is 17.2 Å². The van der Waals surface area contributed by atoms with Crippen LogP contribution in [0.1, 0.15) is 45.9 Å². The molecule has 5 nitrogen and oxygen atoms in total. The van der Waals surface area contributed by atoms with Gasteiger partial charge in [-0.1, -0.05) is 6.92 Å². The average molecular weight is 287 g/mol. The molecule has 1 heterocycles. The Balaban J connectivity index is 3.10. The summed E-state index contributed by atoms with van der Waals surface area (Å²) in [5.41, 5.74) is 0.974. The van der Waals surface area contributed by atoms with Crippen LogP contribution in [0.5, 0.6) is 0 Å². The summed E-state index contributed by atoms with van der Waals surface area (Å²) in [6.45, 7) is 8.55. The molecule has 2 N–H and O–H groups in total. The van der Waals surface area contributed by atoms with Crippen molar-refractivity contribution < 1.29 is 8.42 Å². The zero-order valence-corrected chi connectivity index (χ0v) is 13.2. The maximum Gasteiger partial charge on any atom is 0.242 e. The Morgan fingerprint density at radius 1 is 1.32 bits per heavy atom. The van der Waals surface area contributed by atoms with Crippen LogP contribution in [-0.2, 0) is 16.6 Å². The molecule has 1 aromatic rings. The molecule has 110 valence electrons. The predicted molar refractivity (Wildman–Crippen MR) is 77.7 cm³/mol. The normalized spacial score (nSPS) is 14.0. The third-order valence-corrected chi connectivity index (χ3v) is 4.66. The summed E-state index contributed by atoms with van der Waals surface area (Å²) in [6.07, 6.45) is 2.48. The van der Waals surface area contributed by atoms with Gasteiger partial charge < -0.3 is 9.88 Å². The first kappa shape index (κ1) is 16.2. The van der Waals surface area contributed by atoms with Crippen molar-refractivity contribution in [3.05, 3.63) is 18.0 Å². The number of nitrogens with zero attached hydrogens (tertiary/aromatic N) is 1. The van der Waals surface area contributed by atoms with Crippen LogP contribution in [0, 0.1) is 0 Å². The lowest BCUT2D eigenvalue weighted by Gasteiger charge is -2.12. The third kappa shape index (κ3) is 4.06. The Morgan fingerprint density at radius 2 is 1.95 bits per heavy atom. The summed E-state index contributed by atoms with van der Waals surface area (Å²) in [4.78, 5) is 0.340. The molecule has 1 rings (SSSR count). The molecule has 0 saturated carbocycles. The van der Waals surface area contributed by atoms with Crippen molar-refractivity contribution in [3.63, 3.8) is 0 Å². The van der Waals surface area contributed by atoms with Crippen molar-refractivity contribution in [1.82, 2.24) is 14.6 Å². The van der Waals surface area contributed by atoms with Gasteiger partial charge >= 0.3 is 0 Å². The van der Waals surface area contributed by atoms with E-state index < -0.39 is 10.0 Å². The van der Waals surface area contributed by atoms with Gasteiger partial charge in [0.15, 0.2) is 0 Å². The zero-order chi connectivity index (χ0) is 14.6. The Kier molecular flexibility index (Phi) is 5.58. The number of aromatic nitrogens is 1. The molecule has 0 saturated heterocycles. The highest BCUT2D eigenvalue weighted by molar-refractivity contribution is 7.89. The van der Waals surface area contributed by atoms with Crippen LogP contribution < -0.4 is 10.0 Å². The first-order chi connectivity index (χ1) is 8.81. The predicted octanol–water partition coefficient (Wildman–Crippen LogP) is 1.87. The van der Waals surface area contributed by atoms with Gasteiger partial charge in [-0.3, -0.25) is 0 Å². The molecule has 0 radical (unpaired) electrons. The summed E-state index contributed by atoms with van der Waals surface area (Å²) in [6, 6.07) is 1.91. The van der Waals surface area contributed by atoms with Crippen LogP contribution in [0.4, 0.5) is 0 Å². The van der Waals surface area contributed by atoms with Gasteiger partial charge in [0.05, 0.1) is 4.90 Å². The quantitative estimate of drug-likeness (QED) is 0.804. The van der Waals surface area contributed by atoms with Crippen molar-refractivity contribution in [1.29, 1.82) is 0 Å². The van der Waals surface area contributed by atoms with Crippen LogP contribution in [0.2, 0.25) is 0 Å². The summed E-state index contributed by atoms with van der Waals surface area (Å²) < 4.78 is 29.2. The van der Waals surface area contributed by atoms with Crippen LogP contribution in [0.25, 0.3) is 0 Å². The topological polar surface area (TPSA) is 63.1 Å². The zero-order valence-electron chi connectivity index (χ0n) is 12.4. The molecule has 1 unspecified atom stereocenters. The highest BCUT2D eigenvalue weighted by atomic mass is 32.2. The molecule has 0 aromatic carbocycles. The molecule has 0 aliphatic carbocycles. The molecular formula is C13H25N3O2S. The monoisotopic (exact) mass is 287 g/mol. The van der Waals surface area contributed by atoms with Gasteiger partial charge in [0, 0.05) is 30.5 Å². The van der Waals surface area contributed by atoms with E-state index in [2.05, 4.69) is 10.0 Å². The van der Waals surface area contributed by atoms with E-state index in [0.717, 1.165) is 12.1 Å². The highest BCUT2D eigenvalue weighted by Crippen LogP contribution is 2.19. The van der Waals surface area contributed by atoms with Gasteiger partial charge in [-0.2, -0.15) is 0 Å². The van der Waals surface area contributed by atoms with Crippen LogP contribution >= 0.6 is 0 Å². The second-order valence-electron chi connectivity index (χ2n) is 5.13. The maximum atomic E-state index is 12.2. The lowest BCUT2D eigenvalue weighted by molar-refractivity contribution is 0.551. The number of nitrogens with one attached hydrogen (secondary N) is 2. The minimum absolute atomic E-state index is 0.0554. The maximum absolute atomic E-state index is 12.2. The fourth-order valence-electron chi connectivity index (χ4n) is 1.86. The molecule has 1 atom stereocenters. The van der Waals surface area contributed by atoms with E-state index in [9.17, 15) is 8.42 Å². The smallest absolute Gasteiger partial charge is 0.242 e. The Morgan fingerprint density at radius 3 is 2.42 bits per heavy atom. The Labute approximate surface area is 116 Å². The van der Waals surface area contributed by atoms with Gasteiger partial charge in [0.25, 0.3) is 0 Å². The van der Waals surface area contributed by atoms with Crippen molar-refractivity contribution in [2.75, 3.05) is 7.05 Å². The highest BCUT2D eigenvalue weighted by Gasteiger charge is 2.20. The van der Waals surface area contributed by atoms with Crippen LogP contribution in [-0.4, -0.2) is 26.1 Å². The molecule has 19 heavy (non-hydrogen) atoms. The molecule has 6 heteroatoms. The van der Waals surface area contributed by atoms with E-state index in [-0.39, 0.29) is 12.1 Å². The third-order valence-electron chi connectivity index (χ3n) is 3.10. The molecule has 0 amide bonds. The van der Waals surface area contributed by atoms with Gasteiger partial charge in [0.1, 0.15) is 0 Å². The average Bonchev–Trinajstić information content (AvgIpc) is 2.74. The number of sulfonamides is 1. The minimum Gasteiger partial charge on any atom is -0.346 e. The van der Waals surface area contributed by atoms with E-state index in [1.807, 2.05) is 39.3 Å². The Bertz CT molecular complexity index is 506. The van der Waals surface area contributed by atoms with Gasteiger partial charge in [-0.05, 0) is 40.3 Å². The van der Waals surface area contributed by atoms with E-state index in [1.165, 1.54) is 0 Å². The van der Waals surface area contributed by atoms with Crippen molar-refractivity contribution in [3.8, 4) is 0 Å². The summed E-state index contributed by atoms with van der Waals surface area (Å²) in [7, 11) is -1.57. The van der Waals surface area contributed by atoms with E-state index >= 15 is 0 Å². The van der Waals surface area contributed by atoms with E-state index in [1.54, 1.807) is 12.3 Å². The SMILES string of the molecule is CCC(C)NS(=O)(=O)c1cc(CNC)n(C(C)C)c1. The number of hydrogen-bond acceptors (Lipinski definition) is 3. The minimum atomic E-state index is -3.42. The first-order valence-electron chi connectivity index (χ1n) is 6.69. The number of hydrogen-bond donors (Lipinski definition) is 2. The molecule has 0 aliphatic heterocycles.